The SMILES string of the molecule is COCOc1cc(OCc2ccccc2)c(OC(C)C)cc1Br. The first-order valence-electron chi connectivity index (χ1n) is 7.38. The van der Waals surface area contributed by atoms with Crippen molar-refractivity contribution in [2.24, 2.45) is 0 Å². The molecule has 2 rings (SSSR count). The van der Waals surface area contributed by atoms with Crippen molar-refractivity contribution < 1.29 is 18.9 Å². The molecule has 0 N–H and O–H groups in total. The molecule has 0 atom stereocenters. The van der Waals surface area contributed by atoms with E-state index >= 15 is 0 Å². The van der Waals surface area contributed by atoms with Gasteiger partial charge in [0, 0.05) is 19.2 Å². The molecule has 0 unspecified atom stereocenters. The van der Waals surface area contributed by atoms with Crippen LogP contribution in [0.2, 0.25) is 0 Å². The minimum Gasteiger partial charge on any atom is -0.487 e. The highest BCUT2D eigenvalue weighted by atomic mass is 79.9. The Morgan fingerprint density at radius 1 is 0.957 bits per heavy atom. The Balaban J connectivity index is 2.21. The first-order chi connectivity index (χ1) is 11.1. The summed E-state index contributed by atoms with van der Waals surface area (Å²) in [6.45, 7) is 4.58. The second-order valence-electron chi connectivity index (χ2n) is 5.22. The van der Waals surface area contributed by atoms with Gasteiger partial charge in [-0.25, -0.2) is 0 Å². The summed E-state index contributed by atoms with van der Waals surface area (Å²) >= 11 is 3.48. The first kappa shape index (κ1) is 17.6. The maximum absolute atomic E-state index is 5.93. The van der Waals surface area contributed by atoms with Crippen molar-refractivity contribution in [1.82, 2.24) is 0 Å². The van der Waals surface area contributed by atoms with E-state index in [0.29, 0.717) is 23.9 Å². The Morgan fingerprint density at radius 3 is 2.35 bits per heavy atom. The van der Waals surface area contributed by atoms with E-state index < -0.39 is 0 Å². The fourth-order valence-corrected chi connectivity index (χ4v) is 2.38. The molecule has 0 fully saturated rings. The van der Waals surface area contributed by atoms with Gasteiger partial charge >= 0.3 is 0 Å². The normalized spacial score (nSPS) is 10.7. The molecule has 0 aromatic heterocycles. The highest BCUT2D eigenvalue weighted by molar-refractivity contribution is 9.10. The molecule has 0 aliphatic carbocycles. The van der Waals surface area contributed by atoms with Crippen molar-refractivity contribution in [2.75, 3.05) is 13.9 Å². The van der Waals surface area contributed by atoms with E-state index in [1.165, 1.54) is 0 Å². The zero-order valence-corrected chi connectivity index (χ0v) is 15.1. The van der Waals surface area contributed by atoms with Crippen molar-refractivity contribution in [3.05, 3.63) is 52.5 Å². The maximum atomic E-state index is 5.93. The third-order valence-corrected chi connectivity index (χ3v) is 3.55. The Labute approximate surface area is 145 Å². The Hall–Kier alpha value is -1.72. The van der Waals surface area contributed by atoms with Crippen LogP contribution < -0.4 is 14.2 Å². The van der Waals surface area contributed by atoms with Gasteiger partial charge in [0.15, 0.2) is 18.3 Å². The predicted molar refractivity (Wildman–Crippen MR) is 93.2 cm³/mol. The molecule has 0 aliphatic heterocycles. The summed E-state index contributed by atoms with van der Waals surface area (Å²) < 4.78 is 23.0. The van der Waals surface area contributed by atoms with Gasteiger partial charge in [-0.2, -0.15) is 0 Å². The van der Waals surface area contributed by atoms with Crippen LogP contribution in [0.1, 0.15) is 19.4 Å². The van der Waals surface area contributed by atoms with Gasteiger partial charge in [-0.05, 0) is 35.3 Å². The largest absolute Gasteiger partial charge is 0.487 e. The van der Waals surface area contributed by atoms with Crippen molar-refractivity contribution in [3.8, 4) is 17.2 Å². The van der Waals surface area contributed by atoms with Crippen LogP contribution in [0.15, 0.2) is 46.9 Å². The molecule has 0 saturated carbocycles. The van der Waals surface area contributed by atoms with Gasteiger partial charge in [-0.3, -0.25) is 0 Å². The van der Waals surface area contributed by atoms with Crippen LogP contribution in [-0.4, -0.2) is 20.0 Å². The molecule has 2 aromatic rings. The molecular formula is C18H21BrO4. The van der Waals surface area contributed by atoms with Crippen molar-refractivity contribution in [2.45, 2.75) is 26.6 Å². The van der Waals surface area contributed by atoms with Crippen LogP contribution in [0, 0.1) is 0 Å². The van der Waals surface area contributed by atoms with Crippen LogP contribution in [-0.2, 0) is 11.3 Å². The van der Waals surface area contributed by atoms with Crippen LogP contribution in [0.3, 0.4) is 0 Å². The summed E-state index contributed by atoms with van der Waals surface area (Å²) in [6.07, 6.45) is 0.0479. The number of hydrogen-bond acceptors (Lipinski definition) is 4. The highest BCUT2D eigenvalue weighted by Gasteiger charge is 2.13. The molecule has 0 amide bonds. The summed E-state index contributed by atoms with van der Waals surface area (Å²) in [4.78, 5) is 0. The Kier molecular flexibility index (Phi) is 6.74. The number of hydrogen-bond donors (Lipinski definition) is 0. The molecule has 4 nitrogen and oxygen atoms in total. The number of halogens is 1. The maximum Gasteiger partial charge on any atom is 0.188 e. The number of benzene rings is 2. The third kappa shape index (κ3) is 5.44. The number of rotatable bonds is 8. The smallest absolute Gasteiger partial charge is 0.188 e. The number of ether oxygens (including phenoxy) is 4. The quantitative estimate of drug-likeness (QED) is 0.616. The summed E-state index contributed by atoms with van der Waals surface area (Å²) in [6, 6.07) is 13.6. The van der Waals surface area contributed by atoms with E-state index in [2.05, 4.69) is 15.9 Å². The van der Waals surface area contributed by atoms with Crippen LogP contribution in [0.4, 0.5) is 0 Å². The molecule has 23 heavy (non-hydrogen) atoms. The molecule has 0 saturated heterocycles. The molecule has 0 bridgehead atoms. The molecular weight excluding hydrogens is 360 g/mol. The first-order valence-corrected chi connectivity index (χ1v) is 8.18. The number of methoxy groups -OCH3 is 1. The fourth-order valence-electron chi connectivity index (χ4n) is 1.94. The summed E-state index contributed by atoms with van der Waals surface area (Å²) in [7, 11) is 1.58. The van der Waals surface area contributed by atoms with Crippen molar-refractivity contribution in [1.29, 1.82) is 0 Å². The molecule has 124 valence electrons. The van der Waals surface area contributed by atoms with Crippen molar-refractivity contribution in [3.63, 3.8) is 0 Å². The summed E-state index contributed by atoms with van der Waals surface area (Å²) in [5.74, 6) is 1.95. The molecule has 0 aliphatic rings. The third-order valence-electron chi connectivity index (χ3n) is 2.93. The second-order valence-corrected chi connectivity index (χ2v) is 6.08. The molecule has 0 radical (unpaired) electrons. The summed E-state index contributed by atoms with van der Waals surface area (Å²) in [5.41, 5.74) is 1.09. The van der Waals surface area contributed by atoms with Crippen LogP contribution in [0.5, 0.6) is 17.2 Å². The van der Waals surface area contributed by atoms with Crippen molar-refractivity contribution >= 4 is 15.9 Å². The monoisotopic (exact) mass is 380 g/mol. The van der Waals surface area contributed by atoms with Gasteiger partial charge < -0.3 is 18.9 Å². The van der Waals surface area contributed by atoms with E-state index in [-0.39, 0.29) is 12.9 Å². The average molecular weight is 381 g/mol. The molecule has 5 heteroatoms. The van der Waals surface area contributed by atoms with Gasteiger partial charge in [-0.15, -0.1) is 0 Å². The average Bonchev–Trinajstić information content (AvgIpc) is 2.53. The van der Waals surface area contributed by atoms with Gasteiger partial charge in [0.1, 0.15) is 12.4 Å². The topological polar surface area (TPSA) is 36.9 Å². The lowest BCUT2D eigenvalue weighted by Gasteiger charge is -2.17. The minimum absolute atomic E-state index is 0.0479. The van der Waals surface area contributed by atoms with E-state index in [9.17, 15) is 0 Å². The lowest BCUT2D eigenvalue weighted by atomic mass is 10.2. The lowest BCUT2D eigenvalue weighted by molar-refractivity contribution is 0.0502. The Bertz CT molecular complexity index is 614. The Morgan fingerprint density at radius 2 is 1.70 bits per heavy atom. The standard InChI is InChI=1S/C18H21BrO4/c1-13(2)23-18-9-15(19)16(22-12-20-3)10-17(18)21-11-14-7-5-4-6-8-14/h4-10,13H,11-12H2,1-3H3. The molecule has 2 aromatic carbocycles. The zero-order chi connectivity index (χ0) is 16.7. The summed E-state index contributed by atoms with van der Waals surface area (Å²) in [5, 5.41) is 0. The minimum atomic E-state index is 0.0479. The van der Waals surface area contributed by atoms with Crippen LogP contribution in [0.25, 0.3) is 0 Å². The lowest BCUT2D eigenvalue weighted by Crippen LogP contribution is -2.08. The van der Waals surface area contributed by atoms with Gasteiger partial charge in [-0.1, -0.05) is 30.3 Å². The zero-order valence-electron chi connectivity index (χ0n) is 13.5. The molecule has 0 heterocycles. The van der Waals surface area contributed by atoms with E-state index in [1.54, 1.807) is 7.11 Å². The van der Waals surface area contributed by atoms with E-state index in [1.807, 2.05) is 56.3 Å². The fraction of sp³-hybridized carbons (Fsp3) is 0.333. The predicted octanol–water partition coefficient (Wildman–Crippen LogP) is 4.80. The van der Waals surface area contributed by atoms with E-state index in [0.717, 1.165) is 10.0 Å². The van der Waals surface area contributed by atoms with Gasteiger partial charge in [0.2, 0.25) is 0 Å². The molecule has 0 spiro atoms. The van der Waals surface area contributed by atoms with Gasteiger partial charge in [0.05, 0.1) is 10.6 Å². The second kappa shape index (κ2) is 8.79. The highest BCUT2D eigenvalue weighted by Crippen LogP contribution is 2.39. The van der Waals surface area contributed by atoms with Crippen LogP contribution >= 0.6 is 15.9 Å². The van der Waals surface area contributed by atoms with Gasteiger partial charge in [0.25, 0.3) is 0 Å². The van der Waals surface area contributed by atoms with E-state index in [4.69, 9.17) is 18.9 Å².